The number of benzene rings is 1. The first-order valence-electron chi connectivity index (χ1n) is 7.77. The van der Waals surface area contributed by atoms with Crippen molar-refractivity contribution >= 4 is 5.91 Å². The van der Waals surface area contributed by atoms with Crippen LogP contribution in [0.5, 0.6) is 0 Å². The summed E-state index contributed by atoms with van der Waals surface area (Å²) in [6.07, 6.45) is 5.48. The molecule has 1 fully saturated rings. The van der Waals surface area contributed by atoms with Crippen molar-refractivity contribution in [3.8, 4) is 5.69 Å². The number of amides is 1. The fraction of sp³-hybridized carbons (Fsp3) is 0.222. The summed E-state index contributed by atoms with van der Waals surface area (Å²) in [7, 11) is 0. The molecule has 0 saturated heterocycles. The molecule has 0 radical (unpaired) electrons. The maximum absolute atomic E-state index is 12.5. The molecule has 1 amide bonds. The van der Waals surface area contributed by atoms with E-state index in [9.17, 15) is 4.79 Å². The van der Waals surface area contributed by atoms with Crippen molar-refractivity contribution < 1.29 is 9.21 Å². The van der Waals surface area contributed by atoms with Gasteiger partial charge in [0.1, 0.15) is 5.76 Å². The van der Waals surface area contributed by atoms with Gasteiger partial charge in [-0.25, -0.2) is 4.68 Å². The second-order valence-corrected chi connectivity index (χ2v) is 5.73. The summed E-state index contributed by atoms with van der Waals surface area (Å²) in [6.45, 7) is 0.381. The quantitative estimate of drug-likeness (QED) is 0.787. The van der Waals surface area contributed by atoms with E-state index in [1.54, 1.807) is 12.5 Å². The molecule has 1 aliphatic carbocycles. The van der Waals surface area contributed by atoms with Crippen molar-refractivity contribution in [2.24, 2.45) is 0 Å². The first kappa shape index (κ1) is 13.8. The molecule has 3 aromatic rings. The van der Waals surface area contributed by atoms with E-state index in [0.717, 1.165) is 30.0 Å². The van der Waals surface area contributed by atoms with E-state index in [0.29, 0.717) is 18.0 Å². The minimum Gasteiger partial charge on any atom is -0.467 e. The summed E-state index contributed by atoms with van der Waals surface area (Å²) in [4.78, 5) is 12.5. The van der Waals surface area contributed by atoms with Crippen LogP contribution < -0.4 is 5.32 Å². The number of nitrogens with one attached hydrogen (secondary N) is 1. The van der Waals surface area contributed by atoms with Crippen molar-refractivity contribution in [2.45, 2.75) is 25.3 Å². The lowest BCUT2D eigenvalue weighted by atomic mass is 10.1. The first-order chi connectivity index (χ1) is 11.3. The van der Waals surface area contributed by atoms with E-state index in [1.807, 2.05) is 47.1 Å². The molecule has 5 nitrogen and oxygen atoms in total. The lowest BCUT2D eigenvalue weighted by Crippen LogP contribution is -2.23. The van der Waals surface area contributed by atoms with Crippen LogP contribution in [0.25, 0.3) is 5.69 Å². The summed E-state index contributed by atoms with van der Waals surface area (Å²) >= 11 is 0. The highest BCUT2D eigenvalue weighted by Gasteiger charge is 2.32. The summed E-state index contributed by atoms with van der Waals surface area (Å²) in [5.74, 6) is 1.05. The van der Waals surface area contributed by atoms with Gasteiger partial charge in [-0.2, -0.15) is 5.10 Å². The maximum atomic E-state index is 12.5. The molecule has 0 unspecified atom stereocenters. The number of para-hydroxylation sites is 1. The van der Waals surface area contributed by atoms with Crippen LogP contribution in [0, 0.1) is 0 Å². The normalized spacial score (nSPS) is 13.9. The van der Waals surface area contributed by atoms with Crippen LogP contribution in [-0.2, 0) is 6.54 Å². The molecular formula is C18H17N3O2. The van der Waals surface area contributed by atoms with Gasteiger partial charge in [0.15, 0.2) is 0 Å². The minimum atomic E-state index is -0.106. The fourth-order valence-electron chi connectivity index (χ4n) is 2.73. The maximum Gasteiger partial charge on any atom is 0.255 e. The molecule has 0 aliphatic heterocycles. The number of nitrogens with zero attached hydrogens (tertiary/aromatic N) is 2. The van der Waals surface area contributed by atoms with Gasteiger partial charge in [-0.15, -0.1) is 0 Å². The van der Waals surface area contributed by atoms with Crippen LogP contribution in [0.15, 0.2) is 59.3 Å². The largest absolute Gasteiger partial charge is 0.467 e. The van der Waals surface area contributed by atoms with Crippen LogP contribution >= 0.6 is 0 Å². The van der Waals surface area contributed by atoms with Crippen LogP contribution in [0.2, 0.25) is 0 Å². The van der Waals surface area contributed by atoms with Crippen molar-refractivity contribution in [2.75, 3.05) is 0 Å². The molecule has 0 spiro atoms. The smallest absolute Gasteiger partial charge is 0.255 e. The van der Waals surface area contributed by atoms with E-state index in [4.69, 9.17) is 4.42 Å². The third-order valence-electron chi connectivity index (χ3n) is 4.02. The standard InChI is InChI=1S/C18H17N3O2/c22-18(19-11-15-7-4-10-23-15)16-12-20-21(17(16)13-8-9-13)14-5-2-1-3-6-14/h1-7,10,12-13H,8-9,11H2,(H,19,22). The highest BCUT2D eigenvalue weighted by atomic mass is 16.3. The molecule has 1 aliphatic rings. The summed E-state index contributed by atoms with van der Waals surface area (Å²) in [5, 5.41) is 7.35. The van der Waals surface area contributed by atoms with E-state index >= 15 is 0 Å². The van der Waals surface area contributed by atoms with Gasteiger partial charge in [0.25, 0.3) is 5.91 Å². The zero-order chi connectivity index (χ0) is 15.6. The number of aromatic nitrogens is 2. The van der Waals surface area contributed by atoms with Crippen molar-refractivity contribution in [3.05, 3.63) is 71.9 Å². The van der Waals surface area contributed by atoms with E-state index < -0.39 is 0 Å². The Morgan fingerprint density at radius 2 is 2.04 bits per heavy atom. The molecule has 23 heavy (non-hydrogen) atoms. The Kier molecular flexibility index (Phi) is 3.46. The fourth-order valence-corrected chi connectivity index (χ4v) is 2.73. The van der Waals surface area contributed by atoms with Crippen molar-refractivity contribution in [3.63, 3.8) is 0 Å². The Hall–Kier alpha value is -2.82. The van der Waals surface area contributed by atoms with Crippen molar-refractivity contribution in [1.29, 1.82) is 0 Å². The van der Waals surface area contributed by atoms with Gasteiger partial charge < -0.3 is 9.73 Å². The number of hydrogen-bond donors (Lipinski definition) is 1. The number of furan rings is 1. The third-order valence-corrected chi connectivity index (χ3v) is 4.02. The van der Waals surface area contributed by atoms with Gasteiger partial charge >= 0.3 is 0 Å². The average Bonchev–Trinajstić information content (AvgIpc) is 3.12. The molecule has 0 atom stereocenters. The molecule has 1 N–H and O–H groups in total. The molecule has 1 aromatic carbocycles. The number of hydrogen-bond acceptors (Lipinski definition) is 3. The molecule has 116 valence electrons. The predicted octanol–water partition coefficient (Wildman–Crippen LogP) is 3.27. The van der Waals surface area contributed by atoms with E-state index in [-0.39, 0.29) is 5.91 Å². The Labute approximate surface area is 133 Å². The topological polar surface area (TPSA) is 60.1 Å². The van der Waals surface area contributed by atoms with E-state index in [1.165, 1.54) is 0 Å². The Morgan fingerprint density at radius 3 is 2.74 bits per heavy atom. The van der Waals surface area contributed by atoms with Gasteiger partial charge in [-0.05, 0) is 37.1 Å². The molecule has 5 heteroatoms. The first-order valence-corrected chi connectivity index (χ1v) is 7.77. The SMILES string of the molecule is O=C(NCc1ccco1)c1cnn(-c2ccccc2)c1C1CC1. The molecule has 0 bridgehead atoms. The average molecular weight is 307 g/mol. The Bertz CT molecular complexity index is 802. The summed E-state index contributed by atoms with van der Waals surface area (Å²) in [6, 6.07) is 13.6. The van der Waals surface area contributed by atoms with E-state index in [2.05, 4.69) is 10.4 Å². The number of carbonyl (C=O) groups is 1. The zero-order valence-electron chi connectivity index (χ0n) is 12.6. The minimum absolute atomic E-state index is 0.106. The van der Waals surface area contributed by atoms with Gasteiger partial charge in [-0.3, -0.25) is 4.79 Å². The monoisotopic (exact) mass is 307 g/mol. The van der Waals surface area contributed by atoms with Gasteiger partial charge in [0.2, 0.25) is 0 Å². The predicted molar refractivity (Wildman–Crippen MR) is 85.4 cm³/mol. The van der Waals surface area contributed by atoms with Gasteiger partial charge in [0, 0.05) is 5.92 Å². The third kappa shape index (κ3) is 2.77. The number of rotatable bonds is 5. The summed E-state index contributed by atoms with van der Waals surface area (Å²) in [5.41, 5.74) is 2.65. The zero-order valence-corrected chi connectivity index (χ0v) is 12.6. The van der Waals surface area contributed by atoms with Crippen LogP contribution in [0.1, 0.15) is 40.6 Å². The molecule has 1 saturated carbocycles. The molecular weight excluding hydrogens is 290 g/mol. The van der Waals surface area contributed by atoms with Gasteiger partial charge in [0.05, 0.1) is 35.9 Å². The molecule has 4 rings (SSSR count). The second kappa shape index (κ2) is 5.76. The molecule has 2 aromatic heterocycles. The molecule has 2 heterocycles. The number of carbonyl (C=O) groups excluding carboxylic acids is 1. The van der Waals surface area contributed by atoms with Crippen molar-refractivity contribution in [1.82, 2.24) is 15.1 Å². The van der Waals surface area contributed by atoms with Crippen LogP contribution in [0.3, 0.4) is 0 Å². The van der Waals surface area contributed by atoms with Crippen LogP contribution in [-0.4, -0.2) is 15.7 Å². The van der Waals surface area contributed by atoms with Crippen LogP contribution in [0.4, 0.5) is 0 Å². The summed E-state index contributed by atoms with van der Waals surface area (Å²) < 4.78 is 7.14. The lowest BCUT2D eigenvalue weighted by molar-refractivity contribution is 0.0947. The second-order valence-electron chi connectivity index (χ2n) is 5.73. The highest BCUT2D eigenvalue weighted by molar-refractivity contribution is 5.95. The highest BCUT2D eigenvalue weighted by Crippen LogP contribution is 2.42. The van der Waals surface area contributed by atoms with Gasteiger partial charge in [-0.1, -0.05) is 18.2 Å². The Balaban J connectivity index is 1.61. The lowest BCUT2D eigenvalue weighted by Gasteiger charge is -2.09. The Morgan fingerprint density at radius 1 is 1.22 bits per heavy atom.